The third-order valence-electron chi connectivity index (χ3n) is 4.37. The Kier molecular flexibility index (Phi) is 5.71. The fourth-order valence-corrected chi connectivity index (χ4v) is 3.12. The van der Waals surface area contributed by atoms with Gasteiger partial charge in [0.25, 0.3) is 0 Å². The Bertz CT molecular complexity index is 965. The van der Waals surface area contributed by atoms with E-state index in [0.717, 1.165) is 5.56 Å². The van der Waals surface area contributed by atoms with Crippen LogP contribution in [0.1, 0.15) is 36.1 Å². The molecule has 0 bridgehead atoms. The molecule has 1 atom stereocenters. The van der Waals surface area contributed by atoms with Gasteiger partial charge in [-0.1, -0.05) is 55.5 Å². The van der Waals surface area contributed by atoms with Crippen LogP contribution >= 0.6 is 0 Å². The smallest absolute Gasteiger partial charge is 0.343 e. The Labute approximate surface area is 157 Å². The number of anilines is 1. The number of amides is 1. The van der Waals surface area contributed by atoms with Crippen molar-refractivity contribution in [2.45, 2.75) is 25.7 Å². The van der Waals surface area contributed by atoms with Crippen LogP contribution in [0.3, 0.4) is 0 Å². The van der Waals surface area contributed by atoms with Crippen LogP contribution in [-0.2, 0) is 11.2 Å². The molecule has 0 fully saturated rings. The number of rotatable bonds is 6. The van der Waals surface area contributed by atoms with Crippen LogP contribution in [0.2, 0.25) is 0 Å². The molecule has 1 aromatic heterocycles. The van der Waals surface area contributed by atoms with Gasteiger partial charge in [0.05, 0.1) is 12.0 Å². The fourth-order valence-electron chi connectivity index (χ4n) is 3.12. The van der Waals surface area contributed by atoms with Crippen LogP contribution in [0, 0.1) is 0 Å². The van der Waals surface area contributed by atoms with Gasteiger partial charge in [-0.05, 0) is 24.1 Å². The van der Waals surface area contributed by atoms with E-state index in [1.807, 2.05) is 55.5 Å². The molecule has 5 heteroatoms. The summed E-state index contributed by atoms with van der Waals surface area (Å²) in [7, 11) is 0. The summed E-state index contributed by atoms with van der Waals surface area (Å²) in [5.41, 5.74) is 1.18. The SMILES string of the molecule is CCC(c1ccccc1)c1c(O)cc(CC(=O)Nc2ccccc2)oc1=O. The van der Waals surface area contributed by atoms with Gasteiger partial charge in [-0.15, -0.1) is 0 Å². The highest BCUT2D eigenvalue weighted by molar-refractivity contribution is 5.91. The first-order valence-corrected chi connectivity index (χ1v) is 8.84. The Balaban J connectivity index is 1.82. The van der Waals surface area contributed by atoms with Crippen LogP contribution in [0.15, 0.2) is 75.9 Å². The van der Waals surface area contributed by atoms with Crippen molar-refractivity contribution < 1.29 is 14.3 Å². The van der Waals surface area contributed by atoms with Crippen LogP contribution in [0.5, 0.6) is 5.75 Å². The number of hydrogen-bond acceptors (Lipinski definition) is 4. The molecule has 5 nitrogen and oxygen atoms in total. The molecule has 2 N–H and O–H groups in total. The number of carbonyl (C=O) groups is 1. The van der Waals surface area contributed by atoms with Crippen molar-refractivity contribution in [2.75, 3.05) is 5.32 Å². The normalized spacial score (nSPS) is 11.7. The molecule has 0 spiro atoms. The summed E-state index contributed by atoms with van der Waals surface area (Å²) in [4.78, 5) is 24.7. The first kappa shape index (κ1) is 18.5. The standard InChI is InChI=1S/C22H21NO4/c1-2-18(15-9-5-3-6-10-15)21-19(24)13-17(27-22(21)26)14-20(25)23-16-11-7-4-8-12-16/h3-13,18,24H,2,14H2,1H3,(H,23,25). The van der Waals surface area contributed by atoms with Gasteiger partial charge in [0.15, 0.2) is 0 Å². The molecule has 2 aromatic carbocycles. The number of para-hydroxylation sites is 1. The lowest BCUT2D eigenvalue weighted by molar-refractivity contribution is -0.115. The van der Waals surface area contributed by atoms with E-state index in [-0.39, 0.29) is 35.3 Å². The molecule has 1 unspecified atom stereocenters. The van der Waals surface area contributed by atoms with Crippen molar-refractivity contribution >= 4 is 11.6 Å². The molecule has 0 aliphatic heterocycles. The maximum absolute atomic E-state index is 12.5. The highest BCUT2D eigenvalue weighted by Gasteiger charge is 2.22. The first-order chi connectivity index (χ1) is 13.1. The van der Waals surface area contributed by atoms with Crippen molar-refractivity contribution in [3.05, 3.63) is 94.0 Å². The lowest BCUT2D eigenvalue weighted by Gasteiger charge is -2.16. The minimum Gasteiger partial charge on any atom is -0.507 e. The van der Waals surface area contributed by atoms with Gasteiger partial charge in [0.1, 0.15) is 11.5 Å². The molecule has 0 aliphatic carbocycles. The second-order valence-electron chi connectivity index (χ2n) is 6.26. The quantitative estimate of drug-likeness (QED) is 0.692. The van der Waals surface area contributed by atoms with E-state index in [9.17, 15) is 14.7 Å². The summed E-state index contributed by atoms with van der Waals surface area (Å²) >= 11 is 0. The van der Waals surface area contributed by atoms with Gasteiger partial charge < -0.3 is 14.8 Å². The highest BCUT2D eigenvalue weighted by atomic mass is 16.4. The Hall–Kier alpha value is -3.34. The van der Waals surface area contributed by atoms with E-state index < -0.39 is 5.63 Å². The largest absolute Gasteiger partial charge is 0.507 e. The van der Waals surface area contributed by atoms with E-state index in [1.54, 1.807) is 12.1 Å². The van der Waals surface area contributed by atoms with Crippen molar-refractivity contribution in [2.24, 2.45) is 0 Å². The maximum atomic E-state index is 12.5. The van der Waals surface area contributed by atoms with Crippen LogP contribution in [0.25, 0.3) is 0 Å². The molecule has 0 saturated carbocycles. The number of aromatic hydroxyl groups is 1. The summed E-state index contributed by atoms with van der Waals surface area (Å²) in [6, 6.07) is 19.8. The second kappa shape index (κ2) is 8.36. The number of nitrogens with one attached hydrogen (secondary N) is 1. The summed E-state index contributed by atoms with van der Waals surface area (Å²) < 4.78 is 5.33. The van der Waals surface area contributed by atoms with Crippen molar-refractivity contribution in [1.29, 1.82) is 0 Å². The zero-order valence-corrected chi connectivity index (χ0v) is 15.0. The van der Waals surface area contributed by atoms with Crippen LogP contribution < -0.4 is 10.9 Å². The summed E-state index contributed by atoms with van der Waals surface area (Å²) in [5.74, 6) is -0.622. The van der Waals surface area contributed by atoms with E-state index in [1.165, 1.54) is 6.07 Å². The molecule has 138 valence electrons. The number of benzene rings is 2. The third-order valence-corrected chi connectivity index (χ3v) is 4.37. The minimum atomic E-state index is -0.617. The molecule has 27 heavy (non-hydrogen) atoms. The molecular formula is C22H21NO4. The molecule has 1 heterocycles. The Morgan fingerprint density at radius 3 is 2.30 bits per heavy atom. The first-order valence-electron chi connectivity index (χ1n) is 8.84. The van der Waals surface area contributed by atoms with E-state index >= 15 is 0 Å². The highest BCUT2D eigenvalue weighted by Crippen LogP contribution is 2.31. The summed E-state index contributed by atoms with van der Waals surface area (Å²) in [5, 5.41) is 13.2. The lowest BCUT2D eigenvalue weighted by atomic mass is 9.89. The molecule has 3 rings (SSSR count). The van der Waals surface area contributed by atoms with E-state index in [2.05, 4.69) is 5.32 Å². The zero-order chi connectivity index (χ0) is 19.2. The van der Waals surface area contributed by atoms with Gasteiger partial charge in [-0.25, -0.2) is 4.79 Å². The Morgan fingerprint density at radius 1 is 1.07 bits per heavy atom. The maximum Gasteiger partial charge on any atom is 0.343 e. The Morgan fingerprint density at radius 2 is 1.70 bits per heavy atom. The van der Waals surface area contributed by atoms with Gasteiger partial charge in [0.2, 0.25) is 5.91 Å². The number of hydrogen-bond donors (Lipinski definition) is 2. The van der Waals surface area contributed by atoms with Gasteiger partial charge in [-0.2, -0.15) is 0 Å². The van der Waals surface area contributed by atoms with Crippen LogP contribution in [-0.4, -0.2) is 11.0 Å². The van der Waals surface area contributed by atoms with Gasteiger partial charge >= 0.3 is 5.63 Å². The zero-order valence-electron chi connectivity index (χ0n) is 15.0. The van der Waals surface area contributed by atoms with Crippen molar-refractivity contribution in [3.63, 3.8) is 0 Å². The molecule has 0 saturated heterocycles. The monoisotopic (exact) mass is 363 g/mol. The second-order valence-corrected chi connectivity index (χ2v) is 6.26. The molecule has 0 aliphatic rings. The molecule has 3 aromatic rings. The predicted octanol–water partition coefficient (Wildman–Crippen LogP) is 4.07. The third kappa shape index (κ3) is 4.44. The van der Waals surface area contributed by atoms with E-state index in [0.29, 0.717) is 12.1 Å². The fraction of sp³-hybridized carbons (Fsp3) is 0.182. The van der Waals surface area contributed by atoms with Crippen LogP contribution in [0.4, 0.5) is 5.69 Å². The van der Waals surface area contributed by atoms with E-state index in [4.69, 9.17) is 4.42 Å². The predicted molar refractivity (Wildman–Crippen MR) is 104 cm³/mol. The van der Waals surface area contributed by atoms with Crippen molar-refractivity contribution in [3.8, 4) is 5.75 Å². The van der Waals surface area contributed by atoms with Gasteiger partial charge in [0, 0.05) is 17.7 Å². The minimum absolute atomic E-state index is 0.123. The molecule has 0 radical (unpaired) electrons. The van der Waals surface area contributed by atoms with Crippen molar-refractivity contribution in [1.82, 2.24) is 0 Å². The molecular weight excluding hydrogens is 342 g/mol. The summed E-state index contributed by atoms with van der Waals surface area (Å²) in [6.07, 6.45) is 0.496. The van der Waals surface area contributed by atoms with Gasteiger partial charge in [-0.3, -0.25) is 4.79 Å². The summed E-state index contributed by atoms with van der Waals surface area (Å²) in [6.45, 7) is 1.94. The average Bonchev–Trinajstić information content (AvgIpc) is 2.66. The topological polar surface area (TPSA) is 79.5 Å². The molecule has 1 amide bonds. The average molecular weight is 363 g/mol. The number of carbonyl (C=O) groups excluding carboxylic acids is 1. The lowest BCUT2D eigenvalue weighted by Crippen LogP contribution is -2.18.